The number of nitrogens with one attached hydrogen (secondary N) is 1. The number of aliphatic hydroxyl groups is 2. The molecule has 128 valence electrons. The summed E-state index contributed by atoms with van der Waals surface area (Å²) in [6.45, 7) is 2.34. The molecule has 8 N–H and O–H groups in total. The van der Waals surface area contributed by atoms with Crippen molar-refractivity contribution in [2.45, 2.75) is 25.5 Å². The Kier molecular flexibility index (Phi) is 9.22. The highest BCUT2D eigenvalue weighted by atomic mass is 31.2. The van der Waals surface area contributed by atoms with Gasteiger partial charge in [0.25, 0.3) is 0 Å². The van der Waals surface area contributed by atoms with Crippen molar-refractivity contribution in [1.29, 1.82) is 0 Å². The van der Waals surface area contributed by atoms with Gasteiger partial charge in [-0.3, -0.25) is 0 Å². The lowest BCUT2D eigenvalue weighted by molar-refractivity contribution is 0.166. The molecule has 10 heteroatoms. The molecule has 0 aliphatic heterocycles. The molecule has 9 nitrogen and oxygen atoms in total. The standard InChI is InChI=1S/C12H19NO4.H3O4P/c1-8(4-5-14)13-7-12(17)9-2-3-10(15)11(16)6-9;1-5(2,3)4/h2-3,6,8,12-17H,4-5,7H2,1H3;(H3,1,2,3,4). The number of rotatable bonds is 6. The van der Waals surface area contributed by atoms with E-state index >= 15 is 0 Å². The van der Waals surface area contributed by atoms with Crippen molar-refractivity contribution in [2.75, 3.05) is 13.2 Å². The van der Waals surface area contributed by atoms with Gasteiger partial charge in [0.05, 0.1) is 6.10 Å². The third kappa shape index (κ3) is 10.5. The summed E-state index contributed by atoms with van der Waals surface area (Å²) in [6.07, 6.45) is -0.143. The molecule has 0 bridgehead atoms. The van der Waals surface area contributed by atoms with Gasteiger partial charge in [0.15, 0.2) is 11.5 Å². The van der Waals surface area contributed by atoms with Gasteiger partial charge in [0.1, 0.15) is 0 Å². The first kappa shape index (κ1) is 20.8. The van der Waals surface area contributed by atoms with Crippen molar-refractivity contribution in [1.82, 2.24) is 5.32 Å². The second-order valence-corrected chi connectivity index (χ2v) is 5.63. The summed E-state index contributed by atoms with van der Waals surface area (Å²) < 4.78 is 8.88. The van der Waals surface area contributed by atoms with Crippen LogP contribution in [0.1, 0.15) is 25.0 Å². The van der Waals surface area contributed by atoms with Gasteiger partial charge < -0.3 is 40.4 Å². The second kappa shape index (κ2) is 9.75. The van der Waals surface area contributed by atoms with Gasteiger partial charge >= 0.3 is 7.82 Å². The van der Waals surface area contributed by atoms with Crippen molar-refractivity contribution < 1.29 is 39.7 Å². The first-order valence-electron chi connectivity index (χ1n) is 6.37. The van der Waals surface area contributed by atoms with E-state index in [1.165, 1.54) is 12.1 Å². The van der Waals surface area contributed by atoms with Crippen LogP contribution in [0.3, 0.4) is 0 Å². The van der Waals surface area contributed by atoms with Crippen LogP contribution in [0.4, 0.5) is 0 Å². The summed E-state index contributed by atoms with van der Waals surface area (Å²) in [5, 5.41) is 40.1. The Labute approximate surface area is 127 Å². The Morgan fingerprint density at radius 2 is 1.73 bits per heavy atom. The van der Waals surface area contributed by atoms with Gasteiger partial charge in [-0.1, -0.05) is 6.07 Å². The fourth-order valence-corrected chi connectivity index (χ4v) is 1.47. The summed E-state index contributed by atoms with van der Waals surface area (Å²) in [5.41, 5.74) is 0.531. The van der Waals surface area contributed by atoms with Crippen LogP contribution in [-0.4, -0.2) is 54.3 Å². The van der Waals surface area contributed by atoms with E-state index in [-0.39, 0.29) is 24.1 Å². The molecule has 0 saturated carbocycles. The van der Waals surface area contributed by atoms with E-state index in [4.69, 9.17) is 29.5 Å². The minimum atomic E-state index is -4.64. The number of hydrogen-bond acceptors (Lipinski definition) is 6. The number of aromatic hydroxyl groups is 2. The van der Waals surface area contributed by atoms with E-state index in [1.807, 2.05) is 6.92 Å². The molecular weight excluding hydrogens is 317 g/mol. The number of phosphoric acid groups is 1. The molecule has 0 spiro atoms. The molecule has 0 aromatic heterocycles. The topological polar surface area (TPSA) is 171 Å². The maximum atomic E-state index is 9.84. The van der Waals surface area contributed by atoms with Crippen molar-refractivity contribution in [3.05, 3.63) is 23.8 Å². The highest BCUT2D eigenvalue weighted by Crippen LogP contribution is 2.27. The Bertz CT molecular complexity index is 484. The molecule has 0 saturated heterocycles. The summed E-state index contributed by atoms with van der Waals surface area (Å²) in [6, 6.07) is 4.34. The van der Waals surface area contributed by atoms with Crippen LogP contribution in [0.15, 0.2) is 18.2 Å². The number of aliphatic hydroxyl groups excluding tert-OH is 2. The quantitative estimate of drug-likeness (QED) is 0.253. The zero-order chi connectivity index (χ0) is 17.3. The summed E-state index contributed by atoms with van der Waals surface area (Å²) >= 11 is 0. The molecule has 2 atom stereocenters. The van der Waals surface area contributed by atoms with Crippen LogP contribution in [0.25, 0.3) is 0 Å². The molecule has 0 aliphatic carbocycles. The maximum absolute atomic E-state index is 9.84. The average molecular weight is 339 g/mol. The van der Waals surface area contributed by atoms with Crippen molar-refractivity contribution in [2.24, 2.45) is 0 Å². The van der Waals surface area contributed by atoms with Crippen molar-refractivity contribution in [3.8, 4) is 11.5 Å². The Balaban J connectivity index is 0.000000763. The largest absolute Gasteiger partial charge is 0.504 e. The first-order chi connectivity index (χ1) is 10.0. The Morgan fingerprint density at radius 3 is 2.18 bits per heavy atom. The van der Waals surface area contributed by atoms with Crippen LogP contribution in [0, 0.1) is 0 Å². The third-order valence-electron chi connectivity index (χ3n) is 2.61. The number of phenols is 2. The summed E-state index contributed by atoms with van der Waals surface area (Å²) in [5.74, 6) is -0.451. The van der Waals surface area contributed by atoms with Gasteiger partial charge in [0, 0.05) is 19.2 Å². The highest BCUT2D eigenvalue weighted by Gasteiger charge is 2.11. The Hall–Kier alpha value is -1.19. The fraction of sp³-hybridized carbons (Fsp3) is 0.500. The molecule has 22 heavy (non-hydrogen) atoms. The minimum Gasteiger partial charge on any atom is -0.504 e. The van der Waals surface area contributed by atoms with Crippen LogP contribution < -0.4 is 5.32 Å². The maximum Gasteiger partial charge on any atom is 0.466 e. The van der Waals surface area contributed by atoms with Gasteiger partial charge in [-0.15, -0.1) is 0 Å². The summed E-state index contributed by atoms with van der Waals surface area (Å²) in [7, 11) is -4.64. The number of hydrogen-bond donors (Lipinski definition) is 8. The van der Waals surface area contributed by atoms with Crippen LogP contribution in [0.5, 0.6) is 11.5 Å². The average Bonchev–Trinajstić information content (AvgIpc) is 2.37. The van der Waals surface area contributed by atoms with E-state index in [1.54, 1.807) is 6.07 Å². The predicted molar refractivity (Wildman–Crippen MR) is 78.2 cm³/mol. The van der Waals surface area contributed by atoms with Crippen molar-refractivity contribution >= 4 is 7.82 Å². The van der Waals surface area contributed by atoms with E-state index in [9.17, 15) is 10.2 Å². The zero-order valence-electron chi connectivity index (χ0n) is 12.0. The van der Waals surface area contributed by atoms with Crippen LogP contribution in [0.2, 0.25) is 0 Å². The SMILES string of the molecule is CC(CCO)NCC(O)c1ccc(O)c(O)c1.O=P(O)(O)O. The normalized spacial score (nSPS) is 13.9. The van der Waals surface area contributed by atoms with Crippen molar-refractivity contribution in [3.63, 3.8) is 0 Å². The number of phenolic OH excluding ortho intramolecular Hbond substituents is 2. The molecular formula is C12H22NO8P. The number of benzene rings is 1. The fourth-order valence-electron chi connectivity index (χ4n) is 1.47. The molecule has 2 unspecified atom stereocenters. The molecule has 0 amide bonds. The lowest BCUT2D eigenvalue weighted by Gasteiger charge is -2.16. The van der Waals surface area contributed by atoms with E-state index in [0.717, 1.165) is 0 Å². The van der Waals surface area contributed by atoms with E-state index in [2.05, 4.69) is 5.32 Å². The molecule has 0 radical (unpaired) electrons. The van der Waals surface area contributed by atoms with E-state index < -0.39 is 13.9 Å². The second-order valence-electron chi connectivity index (χ2n) is 4.60. The summed E-state index contributed by atoms with van der Waals surface area (Å²) in [4.78, 5) is 21.6. The smallest absolute Gasteiger partial charge is 0.466 e. The molecule has 0 aliphatic rings. The molecule has 1 aromatic carbocycles. The lowest BCUT2D eigenvalue weighted by Crippen LogP contribution is -2.31. The lowest BCUT2D eigenvalue weighted by atomic mass is 10.1. The minimum absolute atomic E-state index is 0.101. The van der Waals surface area contributed by atoms with Gasteiger partial charge in [-0.25, -0.2) is 4.57 Å². The van der Waals surface area contributed by atoms with Crippen LogP contribution >= 0.6 is 7.82 Å². The molecule has 1 rings (SSSR count). The van der Waals surface area contributed by atoms with Gasteiger partial charge in [-0.2, -0.15) is 0 Å². The predicted octanol–water partition coefficient (Wildman–Crippen LogP) is -0.437. The molecule has 0 fully saturated rings. The highest BCUT2D eigenvalue weighted by molar-refractivity contribution is 7.45. The monoisotopic (exact) mass is 339 g/mol. The van der Waals surface area contributed by atoms with E-state index in [0.29, 0.717) is 18.5 Å². The first-order valence-corrected chi connectivity index (χ1v) is 7.93. The third-order valence-corrected chi connectivity index (χ3v) is 2.61. The Morgan fingerprint density at radius 1 is 1.18 bits per heavy atom. The van der Waals surface area contributed by atoms with Crippen LogP contribution in [-0.2, 0) is 4.57 Å². The van der Waals surface area contributed by atoms with Gasteiger partial charge in [-0.05, 0) is 31.0 Å². The zero-order valence-corrected chi connectivity index (χ0v) is 12.9. The molecule has 0 heterocycles. The molecule has 1 aromatic rings. The van der Waals surface area contributed by atoms with Gasteiger partial charge in [0.2, 0.25) is 0 Å².